The predicted molar refractivity (Wildman–Crippen MR) is 63.5 cm³/mol. The standard InChI is InChI=1S/C11H27N3/c1-9(2)13-7-11(6,12)8-14-10(3,4)5/h9,13-14H,7-8,12H2,1-6H3. The molecule has 4 N–H and O–H groups in total. The Kier molecular flexibility index (Phi) is 5.06. The maximum absolute atomic E-state index is 6.15. The zero-order valence-corrected chi connectivity index (χ0v) is 10.6. The lowest BCUT2D eigenvalue weighted by Gasteiger charge is -2.31. The number of nitrogens with one attached hydrogen (secondary N) is 2. The molecule has 86 valence electrons. The lowest BCUT2D eigenvalue weighted by molar-refractivity contribution is 0.330. The van der Waals surface area contributed by atoms with E-state index in [1.165, 1.54) is 0 Å². The van der Waals surface area contributed by atoms with Crippen LogP contribution in [-0.4, -0.2) is 30.2 Å². The molecule has 0 aliphatic heterocycles. The minimum atomic E-state index is -0.183. The van der Waals surface area contributed by atoms with Crippen molar-refractivity contribution in [3.8, 4) is 0 Å². The molecule has 0 heterocycles. The molecule has 0 aromatic heterocycles. The van der Waals surface area contributed by atoms with Gasteiger partial charge in [0.1, 0.15) is 0 Å². The highest BCUT2D eigenvalue weighted by atomic mass is 15.0. The molecule has 0 saturated carbocycles. The summed E-state index contributed by atoms with van der Waals surface area (Å²) in [4.78, 5) is 0. The molecule has 0 amide bonds. The van der Waals surface area contributed by atoms with Crippen molar-refractivity contribution in [3.63, 3.8) is 0 Å². The molecule has 0 saturated heterocycles. The first-order valence-electron chi connectivity index (χ1n) is 5.40. The fraction of sp³-hybridized carbons (Fsp3) is 1.00. The molecule has 3 nitrogen and oxygen atoms in total. The van der Waals surface area contributed by atoms with E-state index in [2.05, 4.69) is 52.2 Å². The van der Waals surface area contributed by atoms with E-state index in [4.69, 9.17) is 5.73 Å². The fourth-order valence-electron chi connectivity index (χ4n) is 0.967. The highest BCUT2D eigenvalue weighted by molar-refractivity contribution is 4.87. The maximum atomic E-state index is 6.15. The maximum Gasteiger partial charge on any atom is 0.0378 e. The highest BCUT2D eigenvalue weighted by Crippen LogP contribution is 2.02. The van der Waals surface area contributed by atoms with Crippen LogP contribution in [0.25, 0.3) is 0 Å². The Morgan fingerprint density at radius 3 is 1.93 bits per heavy atom. The first kappa shape index (κ1) is 13.9. The van der Waals surface area contributed by atoms with Gasteiger partial charge < -0.3 is 16.4 Å². The van der Waals surface area contributed by atoms with E-state index in [-0.39, 0.29) is 11.1 Å². The van der Waals surface area contributed by atoms with Crippen LogP contribution >= 0.6 is 0 Å². The summed E-state index contributed by atoms with van der Waals surface area (Å²) in [6, 6.07) is 0.493. The summed E-state index contributed by atoms with van der Waals surface area (Å²) in [6.45, 7) is 14.5. The summed E-state index contributed by atoms with van der Waals surface area (Å²) < 4.78 is 0. The third-order valence-corrected chi connectivity index (χ3v) is 1.94. The fourth-order valence-corrected chi connectivity index (χ4v) is 0.967. The van der Waals surface area contributed by atoms with Crippen molar-refractivity contribution in [1.29, 1.82) is 0 Å². The molecule has 0 aliphatic carbocycles. The Labute approximate surface area is 88.8 Å². The molecule has 14 heavy (non-hydrogen) atoms. The van der Waals surface area contributed by atoms with Crippen LogP contribution in [0, 0.1) is 0 Å². The van der Waals surface area contributed by atoms with E-state index >= 15 is 0 Å². The number of nitrogens with two attached hydrogens (primary N) is 1. The van der Waals surface area contributed by atoms with Crippen LogP contribution in [0.4, 0.5) is 0 Å². The van der Waals surface area contributed by atoms with Gasteiger partial charge in [0.15, 0.2) is 0 Å². The molecule has 0 spiro atoms. The Balaban J connectivity index is 3.83. The van der Waals surface area contributed by atoms with Gasteiger partial charge in [0.2, 0.25) is 0 Å². The van der Waals surface area contributed by atoms with Crippen molar-refractivity contribution in [2.24, 2.45) is 5.73 Å². The number of hydrogen-bond acceptors (Lipinski definition) is 3. The predicted octanol–water partition coefficient (Wildman–Crippen LogP) is 1.09. The molecular weight excluding hydrogens is 174 g/mol. The van der Waals surface area contributed by atoms with E-state index in [0.717, 1.165) is 13.1 Å². The third kappa shape index (κ3) is 8.48. The van der Waals surface area contributed by atoms with Crippen molar-refractivity contribution in [1.82, 2.24) is 10.6 Å². The van der Waals surface area contributed by atoms with Crippen LogP contribution in [0.15, 0.2) is 0 Å². The van der Waals surface area contributed by atoms with Crippen LogP contribution < -0.4 is 16.4 Å². The molecule has 0 aromatic rings. The highest BCUT2D eigenvalue weighted by Gasteiger charge is 2.21. The third-order valence-electron chi connectivity index (χ3n) is 1.94. The molecule has 0 aromatic carbocycles. The zero-order chi connectivity index (χ0) is 11.4. The molecule has 0 bridgehead atoms. The van der Waals surface area contributed by atoms with E-state index < -0.39 is 0 Å². The van der Waals surface area contributed by atoms with Crippen molar-refractivity contribution in [3.05, 3.63) is 0 Å². The summed E-state index contributed by atoms with van der Waals surface area (Å²) in [5, 5.41) is 6.78. The second-order valence-electron chi connectivity index (χ2n) is 5.79. The lowest BCUT2D eigenvalue weighted by atomic mass is 10.0. The lowest BCUT2D eigenvalue weighted by Crippen LogP contribution is -2.57. The molecule has 0 radical (unpaired) electrons. The average Bonchev–Trinajstić information content (AvgIpc) is 1.97. The minimum absolute atomic E-state index is 0.137. The Bertz CT molecular complexity index is 156. The first-order chi connectivity index (χ1) is 6.12. The van der Waals surface area contributed by atoms with Gasteiger partial charge in [-0.25, -0.2) is 0 Å². The van der Waals surface area contributed by atoms with Crippen LogP contribution in [0.3, 0.4) is 0 Å². The van der Waals surface area contributed by atoms with Gasteiger partial charge in [0, 0.05) is 30.2 Å². The van der Waals surface area contributed by atoms with Crippen LogP contribution in [-0.2, 0) is 0 Å². The van der Waals surface area contributed by atoms with Gasteiger partial charge in [-0.1, -0.05) is 13.8 Å². The number of rotatable bonds is 5. The minimum Gasteiger partial charge on any atom is -0.323 e. The van der Waals surface area contributed by atoms with E-state index in [1.54, 1.807) is 0 Å². The van der Waals surface area contributed by atoms with E-state index in [9.17, 15) is 0 Å². The van der Waals surface area contributed by atoms with Gasteiger partial charge in [-0.05, 0) is 27.7 Å². The quantitative estimate of drug-likeness (QED) is 0.624. The Hall–Kier alpha value is -0.120. The van der Waals surface area contributed by atoms with Crippen molar-refractivity contribution < 1.29 is 0 Å². The SMILES string of the molecule is CC(C)NCC(C)(N)CNC(C)(C)C. The van der Waals surface area contributed by atoms with Crippen molar-refractivity contribution >= 4 is 0 Å². The molecule has 3 heteroatoms. The summed E-state index contributed by atoms with van der Waals surface area (Å²) in [6.07, 6.45) is 0. The average molecular weight is 201 g/mol. The Morgan fingerprint density at radius 1 is 1.07 bits per heavy atom. The molecule has 0 aliphatic rings. The summed E-state index contributed by atoms with van der Waals surface area (Å²) in [5.74, 6) is 0. The zero-order valence-electron chi connectivity index (χ0n) is 10.6. The molecular formula is C11H27N3. The largest absolute Gasteiger partial charge is 0.323 e. The Morgan fingerprint density at radius 2 is 1.57 bits per heavy atom. The smallest absolute Gasteiger partial charge is 0.0378 e. The van der Waals surface area contributed by atoms with Crippen LogP contribution in [0.5, 0.6) is 0 Å². The molecule has 1 unspecified atom stereocenters. The van der Waals surface area contributed by atoms with E-state index in [0.29, 0.717) is 6.04 Å². The van der Waals surface area contributed by atoms with Gasteiger partial charge in [-0.3, -0.25) is 0 Å². The number of hydrogen-bond donors (Lipinski definition) is 3. The van der Waals surface area contributed by atoms with Gasteiger partial charge >= 0.3 is 0 Å². The monoisotopic (exact) mass is 201 g/mol. The van der Waals surface area contributed by atoms with Crippen molar-refractivity contribution in [2.75, 3.05) is 13.1 Å². The molecule has 0 rings (SSSR count). The van der Waals surface area contributed by atoms with Crippen molar-refractivity contribution in [2.45, 2.75) is 58.7 Å². The molecule has 0 fully saturated rings. The van der Waals surface area contributed by atoms with Gasteiger partial charge in [0.05, 0.1) is 0 Å². The van der Waals surface area contributed by atoms with Gasteiger partial charge in [-0.2, -0.15) is 0 Å². The van der Waals surface area contributed by atoms with Gasteiger partial charge in [-0.15, -0.1) is 0 Å². The second-order valence-corrected chi connectivity index (χ2v) is 5.79. The normalized spacial score (nSPS) is 17.1. The summed E-state index contributed by atoms with van der Waals surface area (Å²) >= 11 is 0. The first-order valence-corrected chi connectivity index (χ1v) is 5.40. The van der Waals surface area contributed by atoms with E-state index in [1.807, 2.05) is 0 Å². The molecule has 1 atom stereocenters. The van der Waals surface area contributed by atoms with Gasteiger partial charge in [0.25, 0.3) is 0 Å². The van der Waals surface area contributed by atoms with Crippen LogP contribution in [0.1, 0.15) is 41.5 Å². The second kappa shape index (κ2) is 5.10. The summed E-state index contributed by atoms with van der Waals surface area (Å²) in [5.41, 5.74) is 6.10. The van der Waals surface area contributed by atoms with Crippen LogP contribution in [0.2, 0.25) is 0 Å². The summed E-state index contributed by atoms with van der Waals surface area (Å²) in [7, 11) is 0. The topological polar surface area (TPSA) is 50.1 Å².